The molecule has 0 aromatic carbocycles. The zero-order valence-corrected chi connectivity index (χ0v) is 5.58. The van der Waals surface area contributed by atoms with Gasteiger partial charge in [-0.1, -0.05) is 11.6 Å². The Labute approximate surface area is 68.5 Å². The van der Waals surface area contributed by atoms with Crippen molar-refractivity contribution in [2.45, 2.75) is 0 Å². The fourth-order valence-electron chi connectivity index (χ4n) is 0.713. The monoisotopic (exact) mass is 156 g/mol. The standard InChI is InChI=1S/C7H5ClN2/c8-6-2-4-10-7-5(6)1-3-9-7/h1-4H,(H,9,10)/i1D,2D,3D,4D. The summed E-state index contributed by atoms with van der Waals surface area (Å²) in [4.78, 5) is 6.23. The molecule has 3 heteroatoms. The molecule has 0 amide bonds. The molecule has 0 radical (unpaired) electrons. The number of H-pyrrole nitrogens is 1. The Bertz CT molecular complexity index is 522. The molecule has 0 atom stereocenters. The second-order valence-corrected chi connectivity index (χ2v) is 2.14. The van der Waals surface area contributed by atoms with Crippen molar-refractivity contribution in [3.63, 3.8) is 0 Å². The highest BCUT2D eigenvalue weighted by molar-refractivity contribution is 6.35. The fraction of sp³-hybridized carbons (Fsp3) is 0. The molecule has 0 bridgehead atoms. The topological polar surface area (TPSA) is 28.7 Å². The molecule has 2 heterocycles. The van der Waals surface area contributed by atoms with E-state index in [0.29, 0.717) is 0 Å². The number of hydrogen-bond acceptors (Lipinski definition) is 1. The van der Waals surface area contributed by atoms with Crippen LogP contribution in [0.25, 0.3) is 11.0 Å². The predicted molar refractivity (Wildman–Crippen MR) is 41.1 cm³/mol. The third-order valence-corrected chi connectivity index (χ3v) is 1.44. The van der Waals surface area contributed by atoms with Crippen molar-refractivity contribution in [1.82, 2.24) is 9.97 Å². The van der Waals surface area contributed by atoms with Crippen molar-refractivity contribution >= 4 is 22.6 Å². The summed E-state index contributed by atoms with van der Waals surface area (Å²) < 4.78 is 29.5. The minimum absolute atomic E-state index is 0.000231. The first kappa shape index (κ1) is 2.93. The third-order valence-electron chi connectivity index (χ3n) is 1.16. The molecule has 0 aliphatic rings. The average Bonchev–Trinajstić information content (AvgIpc) is 2.39. The van der Waals surface area contributed by atoms with Gasteiger partial charge in [0.25, 0.3) is 0 Å². The van der Waals surface area contributed by atoms with Crippen LogP contribution in [0.4, 0.5) is 0 Å². The number of pyridine rings is 1. The number of rotatable bonds is 0. The Balaban J connectivity index is 2.99. The van der Waals surface area contributed by atoms with Crippen LogP contribution in [-0.4, -0.2) is 9.97 Å². The summed E-state index contributed by atoms with van der Waals surface area (Å²) in [5.41, 5.74) is 0.214. The summed E-state index contributed by atoms with van der Waals surface area (Å²) in [5.74, 6) is 0. The van der Waals surface area contributed by atoms with E-state index in [1.54, 1.807) is 0 Å². The van der Waals surface area contributed by atoms with E-state index in [4.69, 9.17) is 17.1 Å². The van der Waals surface area contributed by atoms with Crippen LogP contribution in [0.3, 0.4) is 0 Å². The summed E-state index contributed by atoms with van der Waals surface area (Å²) in [5, 5.41) is 0.234. The van der Waals surface area contributed by atoms with E-state index >= 15 is 0 Å². The molecule has 2 aromatic heterocycles. The van der Waals surface area contributed by atoms with E-state index in [2.05, 4.69) is 9.97 Å². The van der Waals surface area contributed by atoms with E-state index in [0.717, 1.165) is 0 Å². The number of aromatic nitrogens is 2. The number of nitrogens with one attached hydrogen (secondary N) is 1. The first-order valence-corrected chi connectivity index (χ1v) is 3.01. The largest absolute Gasteiger partial charge is 0.346 e. The molecule has 10 heavy (non-hydrogen) atoms. The first-order valence-electron chi connectivity index (χ1n) is 4.64. The van der Waals surface area contributed by atoms with Crippen LogP contribution in [0.15, 0.2) is 24.4 Å². The molecular formula is C7H5ClN2. The maximum Gasteiger partial charge on any atom is 0.138 e. The van der Waals surface area contributed by atoms with Crippen LogP contribution in [-0.2, 0) is 0 Å². The molecule has 0 saturated heterocycles. The number of halogens is 1. The molecule has 0 aliphatic heterocycles. The van der Waals surface area contributed by atoms with Gasteiger partial charge in [-0.3, -0.25) is 0 Å². The number of hydrogen-bond donors (Lipinski definition) is 1. The summed E-state index contributed by atoms with van der Waals surface area (Å²) in [6.07, 6.45) is -0.372. The molecule has 2 nitrogen and oxygen atoms in total. The van der Waals surface area contributed by atoms with Crippen molar-refractivity contribution in [3.05, 3.63) is 29.5 Å². The minimum Gasteiger partial charge on any atom is -0.346 e. The summed E-state index contributed by atoms with van der Waals surface area (Å²) in [6.45, 7) is 0. The molecule has 0 saturated carbocycles. The Kier molecular flexibility index (Phi) is 0.582. The normalized spacial score (nSPS) is 16.1. The van der Waals surface area contributed by atoms with Crippen LogP contribution < -0.4 is 0 Å². The Morgan fingerprint density at radius 1 is 1.60 bits per heavy atom. The van der Waals surface area contributed by atoms with Gasteiger partial charge in [0.1, 0.15) is 5.65 Å². The first-order chi connectivity index (χ1) is 6.52. The average molecular weight is 157 g/mol. The lowest BCUT2D eigenvalue weighted by Crippen LogP contribution is -1.73. The maximum absolute atomic E-state index is 7.49. The van der Waals surface area contributed by atoms with Gasteiger partial charge in [0, 0.05) is 17.7 Å². The highest BCUT2D eigenvalue weighted by atomic mass is 35.5. The highest BCUT2D eigenvalue weighted by Gasteiger charge is 1.97. The van der Waals surface area contributed by atoms with Gasteiger partial charge in [-0.05, 0) is 12.1 Å². The molecule has 0 aliphatic carbocycles. The van der Waals surface area contributed by atoms with Crippen LogP contribution in [0.1, 0.15) is 5.48 Å². The van der Waals surface area contributed by atoms with E-state index in [1.165, 1.54) is 0 Å². The van der Waals surface area contributed by atoms with Crippen LogP contribution >= 0.6 is 11.6 Å². The molecule has 1 N–H and O–H groups in total. The van der Waals surface area contributed by atoms with E-state index in [9.17, 15) is 0 Å². The van der Waals surface area contributed by atoms with Gasteiger partial charge in [0.15, 0.2) is 0 Å². The van der Waals surface area contributed by atoms with Crippen molar-refractivity contribution in [1.29, 1.82) is 0 Å². The Hall–Kier alpha value is -1.02. The van der Waals surface area contributed by atoms with Gasteiger partial charge in [0.05, 0.1) is 10.5 Å². The van der Waals surface area contributed by atoms with Gasteiger partial charge in [0.2, 0.25) is 0 Å². The highest BCUT2D eigenvalue weighted by Crippen LogP contribution is 2.19. The van der Waals surface area contributed by atoms with Crippen LogP contribution in [0, 0.1) is 0 Å². The fourth-order valence-corrected chi connectivity index (χ4v) is 0.892. The van der Waals surface area contributed by atoms with Crippen molar-refractivity contribution in [2.24, 2.45) is 0 Å². The molecule has 0 unspecified atom stereocenters. The lowest BCUT2D eigenvalue weighted by atomic mass is 10.3. The summed E-state index contributed by atoms with van der Waals surface area (Å²) in [7, 11) is 0. The van der Waals surface area contributed by atoms with Crippen molar-refractivity contribution in [2.75, 3.05) is 0 Å². The van der Waals surface area contributed by atoms with E-state index in [-0.39, 0.29) is 40.5 Å². The molecule has 2 aromatic rings. The summed E-state index contributed by atoms with van der Waals surface area (Å²) >= 11 is 5.78. The lowest BCUT2D eigenvalue weighted by Gasteiger charge is -1.89. The van der Waals surface area contributed by atoms with Crippen LogP contribution in [0.2, 0.25) is 5.02 Å². The van der Waals surface area contributed by atoms with E-state index < -0.39 is 0 Å². The zero-order chi connectivity index (χ0) is 10.5. The number of nitrogens with zero attached hydrogens (tertiary/aromatic N) is 1. The number of aromatic amines is 1. The van der Waals surface area contributed by atoms with Crippen molar-refractivity contribution in [3.8, 4) is 0 Å². The Morgan fingerprint density at radius 3 is 3.40 bits per heavy atom. The quantitative estimate of drug-likeness (QED) is 0.623. The minimum atomic E-state index is -0.260. The predicted octanol–water partition coefficient (Wildman–Crippen LogP) is 2.22. The van der Waals surface area contributed by atoms with Gasteiger partial charge in [-0.15, -0.1) is 0 Å². The van der Waals surface area contributed by atoms with Crippen LogP contribution in [0.5, 0.6) is 0 Å². The lowest BCUT2D eigenvalue weighted by molar-refractivity contribution is 1.33. The second-order valence-electron chi connectivity index (χ2n) is 1.76. The molecule has 2 rings (SSSR count). The Morgan fingerprint density at radius 2 is 2.50 bits per heavy atom. The zero-order valence-electron chi connectivity index (χ0n) is 8.83. The SMILES string of the molecule is [2H]c1nc2[nH]c([2H])c([2H])c2c(Cl)c1[2H]. The second kappa shape index (κ2) is 1.99. The van der Waals surface area contributed by atoms with Gasteiger partial charge < -0.3 is 4.98 Å². The van der Waals surface area contributed by atoms with E-state index in [1.807, 2.05) is 0 Å². The third kappa shape index (κ3) is 0.693. The van der Waals surface area contributed by atoms with Gasteiger partial charge in [-0.25, -0.2) is 4.98 Å². The molecular weight excluding hydrogens is 148 g/mol. The molecule has 0 spiro atoms. The molecule has 50 valence electrons. The molecule has 0 fully saturated rings. The summed E-state index contributed by atoms with van der Waals surface area (Å²) in [6, 6.07) is -0.308. The number of fused-ring (bicyclic) bond motifs is 1. The van der Waals surface area contributed by atoms with Gasteiger partial charge >= 0.3 is 0 Å². The van der Waals surface area contributed by atoms with Crippen molar-refractivity contribution < 1.29 is 5.48 Å². The van der Waals surface area contributed by atoms with Gasteiger partial charge in [-0.2, -0.15) is 0 Å². The maximum atomic E-state index is 7.49. The smallest absolute Gasteiger partial charge is 0.138 e.